The van der Waals surface area contributed by atoms with Gasteiger partial charge in [-0.15, -0.1) is 0 Å². The summed E-state index contributed by atoms with van der Waals surface area (Å²) in [5, 5.41) is 12.5. The van der Waals surface area contributed by atoms with Gasteiger partial charge < -0.3 is 34.0 Å². The Bertz CT molecular complexity index is 2470. The van der Waals surface area contributed by atoms with E-state index in [0.717, 1.165) is 16.6 Å². The molecule has 1 saturated carbocycles. The van der Waals surface area contributed by atoms with E-state index in [1.165, 1.54) is 40.6 Å². The Morgan fingerprint density at radius 1 is 1.05 bits per heavy atom. The summed E-state index contributed by atoms with van der Waals surface area (Å²) in [6.07, 6.45) is 25.4. The number of azide groups is 1. The van der Waals surface area contributed by atoms with Gasteiger partial charge in [0, 0.05) is 80.6 Å². The molecule has 0 bridgehead atoms. The highest BCUT2D eigenvalue weighted by Crippen LogP contribution is 2.82. The van der Waals surface area contributed by atoms with Gasteiger partial charge in [0.1, 0.15) is 6.04 Å². The fraction of sp³-hybridized carbons (Fsp3) is 0.478. The summed E-state index contributed by atoms with van der Waals surface area (Å²) in [5.41, 5.74) is 10.4. The minimum absolute atomic E-state index is 0.0178. The highest BCUT2D eigenvalue weighted by molar-refractivity contribution is 6.00. The van der Waals surface area contributed by atoms with E-state index in [0.29, 0.717) is 37.8 Å². The van der Waals surface area contributed by atoms with Gasteiger partial charge in [-0.2, -0.15) is 0 Å². The second-order valence-corrected chi connectivity index (χ2v) is 16.6. The van der Waals surface area contributed by atoms with E-state index in [1.54, 1.807) is 25.2 Å². The molecule has 326 valence electrons. The highest BCUT2D eigenvalue weighted by Gasteiger charge is 2.78. The standard InChI is InChI=1S/C46H54N8O8/c1-5-11-33-36(28-47)45(31-12-7-6-8-13-31,46-18-10-9-14-35(46)40(33)46)19-17-39(55)51(2)20-22-60-24-25-61-23-21-52(3)42(57)38-27-32(49-50-48)29-54(38)41(56)30-15-16-34-37(26-30)53(4)44(59)62-43(34)58/h5-12,14-16,18,26,28,31-32,35,38,40,47H,13,17,19-25,27,29H2,1-4H3/b11-5-,47-28?/t31?,32?,35?,38?,40?,45?,46-/m0/s1. The molecule has 16 heteroatoms. The largest absolute Gasteiger partial charge is 0.422 e. The van der Waals surface area contributed by atoms with E-state index in [-0.39, 0.29) is 84.4 Å². The van der Waals surface area contributed by atoms with E-state index in [4.69, 9.17) is 24.8 Å². The Balaban J connectivity index is 0.872. The lowest BCUT2D eigenvalue weighted by Crippen LogP contribution is -2.47. The van der Waals surface area contributed by atoms with Crippen molar-refractivity contribution >= 4 is 34.8 Å². The van der Waals surface area contributed by atoms with Gasteiger partial charge in [-0.25, -0.2) is 9.59 Å². The fourth-order valence-electron chi connectivity index (χ4n) is 10.5. The number of aromatic nitrogens is 1. The van der Waals surface area contributed by atoms with Gasteiger partial charge in [-0.3, -0.25) is 19.0 Å². The second kappa shape index (κ2) is 18.5. The number of fused-ring (bicyclic) bond motifs is 2. The Morgan fingerprint density at radius 3 is 2.48 bits per heavy atom. The summed E-state index contributed by atoms with van der Waals surface area (Å²) in [7, 11) is 4.82. The number of aryl methyl sites for hydroxylation is 1. The van der Waals surface area contributed by atoms with E-state index >= 15 is 0 Å². The van der Waals surface area contributed by atoms with Crippen LogP contribution in [0.3, 0.4) is 0 Å². The second-order valence-electron chi connectivity index (χ2n) is 16.6. The van der Waals surface area contributed by atoms with Crippen LogP contribution in [0.15, 0.2) is 109 Å². The molecule has 1 aromatic heterocycles. The number of nitrogens with zero attached hydrogens (tertiary/aromatic N) is 7. The Kier molecular flexibility index (Phi) is 13.1. The third-order valence-corrected chi connectivity index (χ3v) is 13.5. The van der Waals surface area contributed by atoms with Crippen molar-refractivity contribution in [1.29, 1.82) is 5.41 Å². The van der Waals surface area contributed by atoms with Crippen LogP contribution in [0, 0.1) is 34.0 Å². The first-order chi connectivity index (χ1) is 29.9. The molecule has 0 radical (unpaired) electrons. The molecule has 7 rings (SSSR count). The molecule has 1 spiro atoms. The van der Waals surface area contributed by atoms with Gasteiger partial charge in [0.2, 0.25) is 11.8 Å². The van der Waals surface area contributed by atoms with Crippen molar-refractivity contribution in [2.75, 3.05) is 60.2 Å². The summed E-state index contributed by atoms with van der Waals surface area (Å²) in [6.45, 7) is 3.75. The molecule has 4 aliphatic carbocycles. The predicted octanol–water partition coefficient (Wildman–Crippen LogP) is 5.13. The number of ether oxygens (including phenoxy) is 2. The van der Waals surface area contributed by atoms with Crippen molar-refractivity contribution in [3.05, 3.63) is 127 Å². The lowest BCUT2D eigenvalue weighted by molar-refractivity contribution is -0.135. The van der Waals surface area contributed by atoms with Crippen LogP contribution in [0.25, 0.3) is 21.3 Å². The van der Waals surface area contributed by atoms with Crippen molar-refractivity contribution in [2.24, 2.45) is 40.7 Å². The predicted molar refractivity (Wildman–Crippen MR) is 233 cm³/mol. The molecule has 5 aliphatic rings. The average molecular weight is 847 g/mol. The topological polar surface area (TPSA) is 204 Å². The van der Waals surface area contributed by atoms with Crippen molar-refractivity contribution in [1.82, 2.24) is 19.3 Å². The molecule has 2 fully saturated rings. The number of benzene rings is 1. The van der Waals surface area contributed by atoms with Crippen LogP contribution < -0.4 is 11.4 Å². The van der Waals surface area contributed by atoms with Crippen LogP contribution in [-0.2, 0) is 26.1 Å². The molecular formula is C46H54N8O8. The number of likely N-dealkylation sites (tertiary alicyclic amines) is 1. The van der Waals surface area contributed by atoms with Gasteiger partial charge in [0.25, 0.3) is 5.91 Å². The molecule has 7 atom stereocenters. The van der Waals surface area contributed by atoms with Crippen molar-refractivity contribution in [2.45, 2.75) is 44.7 Å². The van der Waals surface area contributed by atoms with Crippen LogP contribution in [0.4, 0.5) is 0 Å². The Hall–Kier alpha value is -6.09. The highest BCUT2D eigenvalue weighted by atomic mass is 16.5. The zero-order valence-electron chi connectivity index (χ0n) is 35.6. The zero-order valence-corrected chi connectivity index (χ0v) is 35.6. The molecule has 1 N–H and O–H groups in total. The van der Waals surface area contributed by atoms with Gasteiger partial charge in [0.05, 0.1) is 43.4 Å². The van der Waals surface area contributed by atoms with Gasteiger partial charge >= 0.3 is 11.4 Å². The maximum atomic E-state index is 13.7. The third-order valence-electron chi connectivity index (χ3n) is 13.5. The molecule has 1 aliphatic heterocycles. The maximum absolute atomic E-state index is 13.7. The normalized spacial score (nSPS) is 26.8. The molecule has 2 aromatic rings. The number of allylic oxidation sites excluding steroid dienone is 12. The Morgan fingerprint density at radius 2 is 1.79 bits per heavy atom. The number of hydrogen-bond donors (Lipinski definition) is 1. The molecule has 62 heavy (non-hydrogen) atoms. The molecule has 16 nitrogen and oxygen atoms in total. The number of carbonyl (C=O) groups is 3. The molecular weight excluding hydrogens is 793 g/mol. The summed E-state index contributed by atoms with van der Waals surface area (Å²) < 4.78 is 17.4. The quantitative estimate of drug-likeness (QED) is 0.0699. The first-order valence-corrected chi connectivity index (χ1v) is 21.2. The smallest absolute Gasteiger partial charge is 0.377 e. The summed E-state index contributed by atoms with van der Waals surface area (Å²) in [4.78, 5) is 72.8. The van der Waals surface area contributed by atoms with Gasteiger partial charge in [0.15, 0.2) is 0 Å². The van der Waals surface area contributed by atoms with Gasteiger partial charge in [-0.1, -0.05) is 65.9 Å². The molecule has 1 aromatic carbocycles. The first kappa shape index (κ1) is 44.0. The van der Waals surface area contributed by atoms with E-state index in [9.17, 15) is 24.0 Å². The van der Waals surface area contributed by atoms with Crippen molar-refractivity contribution in [3.63, 3.8) is 0 Å². The first-order valence-electron chi connectivity index (χ1n) is 21.2. The zero-order chi connectivity index (χ0) is 44.2. The molecule has 1 saturated heterocycles. The lowest BCUT2D eigenvalue weighted by atomic mass is 9.56. The number of carbonyl (C=O) groups excluding carboxylic acids is 3. The van der Waals surface area contributed by atoms with E-state index in [2.05, 4.69) is 70.8 Å². The van der Waals surface area contributed by atoms with Crippen LogP contribution >= 0.6 is 0 Å². The summed E-state index contributed by atoms with van der Waals surface area (Å²) in [5.74, 6) is -0.882. The third kappa shape index (κ3) is 7.82. The molecule has 6 unspecified atom stereocenters. The number of hydrogen-bond acceptors (Lipinski definition) is 10. The number of rotatable bonds is 18. The number of nitrogens with one attached hydrogen (secondary N) is 1. The minimum atomic E-state index is -0.912. The summed E-state index contributed by atoms with van der Waals surface area (Å²) >= 11 is 0. The fourth-order valence-corrected chi connectivity index (χ4v) is 10.5. The summed E-state index contributed by atoms with van der Waals surface area (Å²) in [6, 6.07) is 2.70. The Labute approximate surface area is 359 Å². The number of amides is 3. The molecule has 2 heterocycles. The van der Waals surface area contributed by atoms with Crippen molar-refractivity contribution < 1.29 is 28.3 Å². The minimum Gasteiger partial charge on any atom is -0.377 e. The number of likely N-dealkylation sites (N-methyl/N-ethyl adjacent to an activating group) is 2. The van der Waals surface area contributed by atoms with Crippen LogP contribution in [0.5, 0.6) is 0 Å². The average Bonchev–Trinajstić information content (AvgIpc) is 3.69. The van der Waals surface area contributed by atoms with Crippen LogP contribution in [-0.4, -0.2) is 115 Å². The van der Waals surface area contributed by atoms with E-state index in [1.807, 2.05) is 6.92 Å². The lowest BCUT2D eigenvalue weighted by Gasteiger charge is -2.46. The van der Waals surface area contributed by atoms with Crippen LogP contribution in [0.2, 0.25) is 0 Å². The monoisotopic (exact) mass is 846 g/mol. The van der Waals surface area contributed by atoms with E-state index < -0.39 is 29.4 Å². The molecule has 3 amide bonds. The van der Waals surface area contributed by atoms with Gasteiger partial charge in [-0.05, 0) is 72.9 Å². The van der Waals surface area contributed by atoms with Crippen molar-refractivity contribution in [3.8, 4) is 0 Å². The maximum Gasteiger partial charge on any atom is 0.422 e. The SMILES string of the molecule is C/C=C\C1=C(C=N)C(CCC(=O)N(C)CCOCCOCCN(C)C(=O)C2CC(N=[N+]=[N-])CN2C(=O)c2ccc3c(=O)oc(=O)n(C)c3c2)(C2C=CC=CC2)[C@@]23C=CC=CC2C13. The van der Waals surface area contributed by atoms with Crippen LogP contribution in [0.1, 0.15) is 43.0 Å².